The van der Waals surface area contributed by atoms with Gasteiger partial charge in [-0.15, -0.1) is 0 Å². The van der Waals surface area contributed by atoms with Crippen LogP contribution in [0.5, 0.6) is 0 Å². The molecule has 5 nitrogen and oxygen atoms in total. The molecule has 298 valence electrons. The Morgan fingerprint density at radius 1 is 0.453 bits per heavy atom. The Kier molecular flexibility index (Phi) is 6.43. The van der Waals surface area contributed by atoms with E-state index in [1.54, 1.807) is 0 Å². The molecule has 0 saturated carbocycles. The van der Waals surface area contributed by atoms with E-state index in [0.717, 1.165) is 77.0 Å². The lowest BCUT2D eigenvalue weighted by molar-refractivity contribution is 0.663. The Labute approximate surface area is 366 Å². The second kappa shape index (κ2) is 12.0. The maximum absolute atomic E-state index is 7.23. The van der Waals surface area contributed by atoms with Crippen LogP contribution in [-0.2, 0) is 5.41 Å². The maximum Gasteiger partial charge on any atom is 0.236 e. The molecule has 0 unspecified atom stereocenters. The van der Waals surface area contributed by atoms with Crippen LogP contribution in [-0.4, -0.2) is 19.1 Å². The van der Waals surface area contributed by atoms with E-state index in [4.69, 9.17) is 14.4 Å². The second-order valence-electron chi connectivity index (χ2n) is 18.1. The zero-order valence-electron chi connectivity index (χ0n) is 35.0. The number of aromatic nitrogens is 4. The molecular weight excluding hydrogens is 781 g/mol. The smallest absolute Gasteiger partial charge is 0.236 e. The van der Waals surface area contributed by atoms with Gasteiger partial charge < -0.3 is 8.98 Å². The van der Waals surface area contributed by atoms with Crippen molar-refractivity contribution in [3.63, 3.8) is 0 Å². The SMILES string of the molecule is CC1(C)c2ccccc2-c2cc3ccc4cccc5c4c3c(c21)n5-c1nc(-c2ccc3c(c2)c2ccccc2n3-c2ccccc2)c2oc3c4ccccc4c4ccccc4c3c2n1. The molecule has 0 saturated heterocycles. The summed E-state index contributed by atoms with van der Waals surface area (Å²) in [4.78, 5) is 11.5. The van der Waals surface area contributed by atoms with Crippen LogP contribution in [0.4, 0.5) is 0 Å². The molecule has 10 aromatic carbocycles. The summed E-state index contributed by atoms with van der Waals surface area (Å²) in [5.74, 6) is 0.624. The summed E-state index contributed by atoms with van der Waals surface area (Å²) in [5, 5.41) is 12.7. The molecule has 4 heterocycles. The largest absolute Gasteiger partial charge is 0.451 e. The van der Waals surface area contributed by atoms with Gasteiger partial charge in [-0.1, -0.05) is 153 Å². The van der Waals surface area contributed by atoms with Gasteiger partial charge in [0.1, 0.15) is 16.8 Å². The third-order valence-corrected chi connectivity index (χ3v) is 14.4. The molecule has 15 rings (SSSR count). The van der Waals surface area contributed by atoms with Crippen LogP contribution in [0.15, 0.2) is 186 Å². The average Bonchev–Trinajstić information content (AvgIpc) is 4.07. The summed E-state index contributed by atoms with van der Waals surface area (Å²) in [6, 6.07) is 65.9. The standard InChI is InChI=1S/C59H36N4O/c1-59(2)45-24-12-10-20-39(45)44-31-34-28-27-33-15-14-26-48-49(33)50(34)55(52(44)59)63(48)58-60-53(35-29-30-47-43(32-35)40-21-11-13-25-46(40)62(47)36-16-4-3-5-17-36)57-54(61-58)51-41-22-8-6-18-37(41)38-19-7-9-23-42(38)56(51)64-57/h3-32H,1-2H3. The Balaban J connectivity index is 1.13. The molecule has 4 aromatic heterocycles. The number of hydrogen-bond acceptors (Lipinski definition) is 3. The first kappa shape index (κ1) is 34.3. The van der Waals surface area contributed by atoms with E-state index in [0.29, 0.717) is 11.5 Å². The van der Waals surface area contributed by atoms with Crippen molar-refractivity contribution in [2.24, 2.45) is 0 Å². The highest BCUT2D eigenvalue weighted by atomic mass is 16.3. The highest BCUT2D eigenvalue weighted by Gasteiger charge is 2.39. The van der Waals surface area contributed by atoms with Crippen LogP contribution in [0, 0.1) is 0 Å². The summed E-state index contributed by atoms with van der Waals surface area (Å²) in [6.45, 7) is 4.75. The fraction of sp³-hybridized carbons (Fsp3) is 0.0508. The topological polar surface area (TPSA) is 48.8 Å². The van der Waals surface area contributed by atoms with Crippen molar-refractivity contribution < 1.29 is 4.42 Å². The number of nitrogens with zero attached hydrogens (tertiary/aromatic N) is 4. The van der Waals surface area contributed by atoms with Crippen molar-refractivity contribution >= 4 is 98.0 Å². The van der Waals surface area contributed by atoms with E-state index in [2.05, 4.69) is 205 Å². The molecule has 1 aliphatic carbocycles. The van der Waals surface area contributed by atoms with E-state index in [1.165, 1.54) is 54.6 Å². The van der Waals surface area contributed by atoms with Crippen molar-refractivity contribution in [3.05, 3.63) is 193 Å². The van der Waals surface area contributed by atoms with Crippen LogP contribution < -0.4 is 0 Å². The van der Waals surface area contributed by atoms with E-state index < -0.39 is 0 Å². The molecule has 0 bridgehead atoms. The number of rotatable bonds is 3. The van der Waals surface area contributed by atoms with Gasteiger partial charge in [0.05, 0.1) is 27.5 Å². The first-order valence-corrected chi connectivity index (χ1v) is 22.1. The van der Waals surface area contributed by atoms with E-state index in [-0.39, 0.29) is 5.41 Å². The lowest BCUT2D eigenvalue weighted by atomic mass is 9.81. The molecule has 0 atom stereocenters. The minimum atomic E-state index is -0.277. The summed E-state index contributed by atoms with van der Waals surface area (Å²) in [6.07, 6.45) is 0. The summed E-state index contributed by atoms with van der Waals surface area (Å²) in [7, 11) is 0. The summed E-state index contributed by atoms with van der Waals surface area (Å²) >= 11 is 0. The monoisotopic (exact) mass is 816 g/mol. The van der Waals surface area contributed by atoms with Crippen molar-refractivity contribution in [1.29, 1.82) is 0 Å². The van der Waals surface area contributed by atoms with Gasteiger partial charge in [-0.05, 0) is 91.6 Å². The van der Waals surface area contributed by atoms with Gasteiger partial charge in [0.15, 0.2) is 5.58 Å². The van der Waals surface area contributed by atoms with Gasteiger partial charge in [0, 0.05) is 43.6 Å². The van der Waals surface area contributed by atoms with Crippen LogP contribution >= 0.6 is 0 Å². The minimum Gasteiger partial charge on any atom is -0.451 e. The molecule has 64 heavy (non-hydrogen) atoms. The quantitative estimate of drug-likeness (QED) is 0.167. The first-order valence-electron chi connectivity index (χ1n) is 22.1. The van der Waals surface area contributed by atoms with E-state index >= 15 is 0 Å². The Morgan fingerprint density at radius 2 is 1.14 bits per heavy atom. The van der Waals surface area contributed by atoms with E-state index in [9.17, 15) is 0 Å². The van der Waals surface area contributed by atoms with Crippen LogP contribution in [0.3, 0.4) is 0 Å². The van der Waals surface area contributed by atoms with Gasteiger partial charge in [-0.2, -0.15) is 0 Å². The predicted molar refractivity (Wildman–Crippen MR) is 265 cm³/mol. The molecule has 0 N–H and O–H groups in total. The summed E-state index contributed by atoms with van der Waals surface area (Å²) in [5.41, 5.74) is 14.6. The van der Waals surface area contributed by atoms with Crippen LogP contribution in [0.2, 0.25) is 0 Å². The molecule has 0 fully saturated rings. The first-order chi connectivity index (χ1) is 31.5. The normalized spacial score (nSPS) is 13.6. The van der Waals surface area contributed by atoms with Crippen molar-refractivity contribution in [3.8, 4) is 34.0 Å². The Hall–Kier alpha value is -8.28. The van der Waals surface area contributed by atoms with Gasteiger partial charge in [0.25, 0.3) is 0 Å². The van der Waals surface area contributed by atoms with E-state index in [1.807, 2.05) is 0 Å². The van der Waals surface area contributed by atoms with Gasteiger partial charge >= 0.3 is 0 Å². The van der Waals surface area contributed by atoms with Crippen molar-refractivity contribution in [2.75, 3.05) is 0 Å². The Bertz CT molecular complexity index is 4340. The molecular formula is C59H36N4O. The zero-order chi connectivity index (χ0) is 42.0. The van der Waals surface area contributed by atoms with Gasteiger partial charge in [-0.3, -0.25) is 4.57 Å². The molecule has 0 radical (unpaired) electrons. The molecule has 0 aliphatic heterocycles. The molecule has 5 heteroatoms. The van der Waals surface area contributed by atoms with Crippen LogP contribution in [0.1, 0.15) is 25.0 Å². The highest BCUT2D eigenvalue weighted by Crippen LogP contribution is 2.55. The number of benzene rings is 10. The number of para-hydroxylation sites is 2. The summed E-state index contributed by atoms with van der Waals surface area (Å²) < 4.78 is 12.0. The molecule has 14 aromatic rings. The third kappa shape index (κ3) is 4.24. The van der Waals surface area contributed by atoms with Gasteiger partial charge in [-0.25, -0.2) is 9.97 Å². The highest BCUT2D eigenvalue weighted by molar-refractivity contribution is 6.31. The molecule has 1 aliphatic rings. The predicted octanol–water partition coefficient (Wildman–Crippen LogP) is 15.4. The van der Waals surface area contributed by atoms with Crippen molar-refractivity contribution in [1.82, 2.24) is 19.1 Å². The fourth-order valence-electron chi connectivity index (χ4n) is 11.7. The zero-order valence-corrected chi connectivity index (χ0v) is 35.0. The maximum atomic E-state index is 7.23. The Morgan fingerprint density at radius 3 is 2.00 bits per heavy atom. The van der Waals surface area contributed by atoms with Gasteiger partial charge in [0.2, 0.25) is 5.95 Å². The lowest BCUT2D eigenvalue weighted by Gasteiger charge is -2.23. The molecule has 0 amide bonds. The average molecular weight is 817 g/mol. The lowest BCUT2D eigenvalue weighted by Crippen LogP contribution is -2.17. The number of fused-ring (bicyclic) bond motifs is 15. The minimum absolute atomic E-state index is 0.277. The van der Waals surface area contributed by atoms with Crippen molar-refractivity contribution in [2.45, 2.75) is 19.3 Å². The second-order valence-corrected chi connectivity index (χ2v) is 18.1. The third-order valence-electron chi connectivity index (χ3n) is 14.4. The fourth-order valence-corrected chi connectivity index (χ4v) is 11.7. The number of hydrogen-bond donors (Lipinski definition) is 0. The van der Waals surface area contributed by atoms with Crippen LogP contribution in [0.25, 0.3) is 132 Å². The molecule has 0 spiro atoms. The number of furan rings is 1.